The van der Waals surface area contributed by atoms with Crippen molar-refractivity contribution in [2.45, 2.75) is 19.9 Å². The maximum atomic E-state index is 10.6. The zero-order valence-electron chi connectivity index (χ0n) is 11.8. The predicted molar refractivity (Wildman–Crippen MR) is 84.7 cm³/mol. The third kappa shape index (κ3) is 4.55. The van der Waals surface area contributed by atoms with Gasteiger partial charge in [0.15, 0.2) is 0 Å². The van der Waals surface area contributed by atoms with Gasteiger partial charge < -0.3 is 5.32 Å². The molecule has 2 aromatic carbocycles. The van der Waals surface area contributed by atoms with Crippen LogP contribution in [-0.4, -0.2) is 11.5 Å². The molecule has 0 saturated carbocycles. The lowest BCUT2D eigenvalue weighted by molar-refractivity contribution is -0.384. The predicted octanol–water partition coefficient (Wildman–Crippen LogP) is 3.89. The molecule has 0 radical (unpaired) electrons. The monoisotopic (exact) mass is 304 g/mol. The summed E-state index contributed by atoms with van der Waals surface area (Å²) in [4.78, 5) is 10.2. The maximum absolute atomic E-state index is 10.6. The fourth-order valence-corrected chi connectivity index (χ4v) is 2.20. The molecule has 0 heterocycles. The van der Waals surface area contributed by atoms with Gasteiger partial charge in [-0.25, -0.2) is 0 Å². The van der Waals surface area contributed by atoms with E-state index >= 15 is 0 Å². The highest BCUT2D eigenvalue weighted by Gasteiger charge is 2.03. The second-order valence-electron chi connectivity index (χ2n) is 4.93. The summed E-state index contributed by atoms with van der Waals surface area (Å²) in [5, 5.41) is 14.7. The van der Waals surface area contributed by atoms with E-state index in [1.165, 1.54) is 12.1 Å². The molecule has 0 aliphatic rings. The van der Waals surface area contributed by atoms with Crippen molar-refractivity contribution in [3.8, 4) is 0 Å². The van der Waals surface area contributed by atoms with E-state index in [2.05, 4.69) is 11.4 Å². The third-order valence-corrected chi connectivity index (χ3v) is 3.71. The summed E-state index contributed by atoms with van der Waals surface area (Å²) in [6.45, 7) is 3.55. The SMILES string of the molecule is Cc1ccc(CNCCc2ccc([N+](=O)[O-])cc2)cc1Cl. The molecule has 21 heavy (non-hydrogen) atoms. The van der Waals surface area contributed by atoms with E-state index in [-0.39, 0.29) is 10.6 Å². The van der Waals surface area contributed by atoms with Crippen LogP contribution in [0.4, 0.5) is 5.69 Å². The molecule has 2 rings (SSSR count). The topological polar surface area (TPSA) is 55.2 Å². The largest absolute Gasteiger partial charge is 0.312 e. The summed E-state index contributed by atoms with van der Waals surface area (Å²) in [7, 11) is 0. The van der Waals surface area contributed by atoms with Crippen molar-refractivity contribution in [1.82, 2.24) is 5.32 Å². The minimum Gasteiger partial charge on any atom is -0.312 e. The Kier molecular flexibility index (Phi) is 5.31. The molecule has 0 unspecified atom stereocenters. The number of non-ortho nitro benzene ring substituents is 1. The molecule has 0 atom stereocenters. The smallest absolute Gasteiger partial charge is 0.269 e. The van der Waals surface area contributed by atoms with E-state index in [1.807, 2.05) is 19.1 Å². The Labute approximate surface area is 128 Å². The highest BCUT2D eigenvalue weighted by atomic mass is 35.5. The van der Waals surface area contributed by atoms with Crippen LogP contribution in [0.3, 0.4) is 0 Å². The highest BCUT2D eigenvalue weighted by Crippen LogP contribution is 2.16. The van der Waals surface area contributed by atoms with Gasteiger partial charge in [0.1, 0.15) is 0 Å². The molecule has 0 amide bonds. The quantitative estimate of drug-likeness (QED) is 0.500. The Morgan fingerprint density at radius 1 is 1.14 bits per heavy atom. The molecule has 0 saturated heterocycles. The Morgan fingerprint density at radius 3 is 2.43 bits per heavy atom. The summed E-state index contributed by atoms with van der Waals surface area (Å²) in [6, 6.07) is 12.7. The zero-order chi connectivity index (χ0) is 15.2. The first kappa shape index (κ1) is 15.5. The summed E-state index contributed by atoms with van der Waals surface area (Å²) >= 11 is 6.08. The summed E-state index contributed by atoms with van der Waals surface area (Å²) < 4.78 is 0. The van der Waals surface area contributed by atoms with Crippen LogP contribution in [0.15, 0.2) is 42.5 Å². The fourth-order valence-electron chi connectivity index (χ4n) is 2.00. The van der Waals surface area contributed by atoms with E-state index < -0.39 is 0 Å². The lowest BCUT2D eigenvalue weighted by Gasteiger charge is -2.07. The van der Waals surface area contributed by atoms with Gasteiger partial charge in [-0.2, -0.15) is 0 Å². The van der Waals surface area contributed by atoms with E-state index in [0.717, 1.165) is 41.2 Å². The lowest BCUT2D eigenvalue weighted by atomic mass is 10.1. The number of rotatable bonds is 6. The normalized spacial score (nSPS) is 10.6. The van der Waals surface area contributed by atoms with Crippen LogP contribution in [0.2, 0.25) is 5.02 Å². The standard InChI is InChI=1S/C16H17ClN2O2/c1-12-2-3-14(10-16(12)17)11-18-9-8-13-4-6-15(7-5-13)19(20)21/h2-7,10,18H,8-9,11H2,1H3. The number of benzene rings is 2. The first-order valence-electron chi connectivity index (χ1n) is 6.75. The molecule has 1 N–H and O–H groups in total. The summed E-state index contributed by atoms with van der Waals surface area (Å²) in [5.74, 6) is 0. The molecular formula is C16H17ClN2O2. The third-order valence-electron chi connectivity index (χ3n) is 3.30. The molecule has 0 aliphatic heterocycles. The zero-order valence-corrected chi connectivity index (χ0v) is 12.6. The van der Waals surface area contributed by atoms with Crippen molar-refractivity contribution in [1.29, 1.82) is 0 Å². The maximum Gasteiger partial charge on any atom is 0.269 e. The van der Waals surface area contributed by atoms with Crippen LogP contribution < -0.4 is 5.32 Å². The Morgan fingerprint density at radius 2 is 1.81 bits per heavy atom. The van der Waals surface area contributed by atoms with Crippen molar-refractivity contribution in [3.63, 3.8) is 0 Å². The van der Waals surface area contributed by atoms with E-state index in [1.54, 1.807) is 12.1 Å². The van der Waals surface area contributed by atoms with Crippen molar-refractivity contribution in [2.24, 2.45) is 0 Å². The van der Waals surface area contributed by atoms with Gasteiger partial charge in [-0.3, -0.25) is 10.1 Å². The van der Waals surface area contributed by atoms with Crippen LogP contribution in [0.5, 0.6) is 0 Å². The molecule has 2 aromatic rings. The number of nitro benzene ring substituents is 1. The highest BCUT2D eigenvalue weighted by molar-refractivity contribution is 6.31. The van der Waals surface area contributed by atoms with Gasteiger partial charge in [-0.15, -0.1) is 0 Å². The van der Waals surface area contributed by atoms with Gasteiger partial charge in [0.05, 0.1) is 4.92 Å². The van der Waals surface area contributed by atoms with E-state index in [4.69, 9.17) is 11.6 Å². The fraction of sp³-hybridized carbons (Fsp3) is 0.250. The molecule has 0 fully saturated rings. The molecular weight excluding hydrogens is 288 g/mol. The van der Waals surface area contributed by atoms with Crippen LogP contribution >= 0.6 is 11.6 Å². The Hall–Kier alpha value is -1.91. The minimum absolute atomic E-state index is 0.126. The number of aryl methyl sites for hydroxylation is 1. The van der Waals surface area contributed by atoms with Gasteiger partial charge in [0.25, 0.3) is 5.69 Å². The van der Waals surface area contributed by atoms with Gasteiger partial charge in [0, 0.05) is 23.7 Å². The summed E-state index contributed by atoms with van der Waals surface area (Å²) in [5.41, 5.74) is 3.43. The minimum atomic E-state index is -0.386. The second kappa shape index (κ2) is 7.20. The lowest BCUT2D eigenvalue weighted by Crippen LogP contribution is -2.16. The van der Waals surface area contributed by atoms with E-state index in [9.17, 15) is 10.1 Å². The van der Waals surface area contributed by atoms with Crippen LogP contribution in [0.25, 0.3) is 0 Å². The number of nitro groups is 1. The van der Waals surface area contributed by atoms with Crippen molar-refractivity contribution in [3.05, 3.63) is 74.3 Å². The first-order valence-corrected chi connectivity index (χ1v) is 7.13. The first-order chi connectivity index (χ1) is 10.1. The molecule has 5 heteroatoms. The average Bonchev–Trinajstić information content (AvgIpc) is 2.47. The van der Waals surface area contributed by atoms with Gasteiger partial charge in [0.2, 0.25) is 0 Å². The number of halogens is 1. The van der Waals surface area contributed by atoms with E-state index in [0.29, 0.717) is 0 Å². The van der Waals surface area contributed by atoms with Crippen LogP contribution in [-0.2, 0) is 13.0 Å². The molecule has 4 nitrogen and oxygen atoms in total. The Balaban J connectivity index is 1.79. The van der Waals surface area contributed by atoms with Gasteiger partial charge in [-0.1, -0.05) is 35.9 Å². The van der Waals surface area contributed by atoms with Crippen LogP contribution in [0.1, 0.15) is 16.7 Å². The molecule has 0 spiro atoms. The number of hydrogen-bond acceptors (Lipinski definition) is 3. The molecule has 0 aromatic heterocycles. The molecule has 110 valence electrons. The second-order valence-corrected chi connectivity index (χ2v) is 5.34. The Bertz CT molecular complexity index is 627. The molecule has 0 aliphatic carbocycles. The number of hydrogen-bond donors (Lipinski definition) is 1. The average molecular weight is 305 g/mol. The number of nitrogens with one attached hydrogen (secondary N) is 1. The molecule has 0 bridgehead atoms. The van der Waals surface area contributed by atoms with Crippen molar-refractivity contribution < 1.29 is 4.92 Å². The number of nitrogens with zero attached hydrogens (tertiary/aromatic N) is 1. The van der Waals surface area contributed by atoms with Gasteiger partial charge in [-0.05, 0) is 42.6 Å². The summed E-state index contributed by atoms with van der Waals surface area (Å²) in [6.07, 6.45) is 0.831. The van der Waals surface area contributed by atoms with Crippen molar-refractivity contribution >= 4 is 17.3 Å². The van der Waals surface area contributed by atoms with Crippen LogP contribution in [0, 0.1) is 17.0 Å². The van der Waals surface area contributed by atoms with Crippen molar-refractivity contribution in [2.75, 3.05) is 6.54 Å². The van der Waals surface area contributed by atoms with Gasteiger partial charge >= 0.3 is 0 Å².